The maximum Gasteiger partial charge on any atom is 0.270 e. The molecule has 0 bridgehead atoms. The Bertz CT molecular complexity index is 628. The maximum atomic E-state index is 12.4. The van der Waals surface area contributed by atoms with Gasteiger partial charge in [-0.1, -0.05) is 13.0 Å². The molecule has 1 atom stereocenters. The van der Waals surface area contributed by atoms with Crippen molar-refractivity contribution >= 4 is 23.4 Å². The minimum atomic E-state index is -0.755. The number of piperazine rings is 1. The van der Waals surface area contributed by atoms with E-state index in [2.05, 4.69) is 5.32 Å². The minimum Gasteiger partial charge on any atom is -0.317 e. The molecule has 0 aliphatic carbocycles. The first kappa shape index (κ1) is 14.6. The molecule has 1 aliphatic rings. The fourth-order valence-electron chi connectivity index (χ4n) is 2.20. The summed E-state index contributed by atoms with van der Waals surface area (Å²) in [5.41, 5.74) is -0.146. The van der Waals surface area contributed by atoms with Crippen molar-refractivity contribution in [2.45, 2.75) is 19.4 Å². The SMILES string of the molecule is CCC1C(=O)NC(=O)CN1C(=O)c1cccc([N+](=O)[O-])c1. The average molecular weight is 291 g/mol. The van der Waals surface area contributed by atoms with E-state index in [1.807, 2.05) is 0 Å². The quantitative estimate of drug-likeness (QED) is 0.494. The molecule has 1 aliphatic heterocycles. The van der Waals surface area contributed by atoms with Crippen LogP contribution >= 0.6 is 0 Å². The number of amides is 3. The molecule has 8 nitrogen and oxygen atoms in total. The highest BCUT2D eigenvalue weighted by Gasteiger charge is 2.36. The van der Waals surface area contributed by atoms with Crippen molar-refractivity contribution < 1.29 is 19.3 Å². The smallest absolute Gasteiger partial charge is 0.270 e. The highest BCUT2D eigenvalue weighted by Crippen LogP contribution is 2.18. The van der Waals surface area contributed by atoms with E-state index in [-0.39, 0.29) is 17.8 Å². The van der Waals surface area contributed by atoms with Crippen LogP contribution in [0, 0.1) is 10.1 Å². The van der Waals surface area contributed by atoms with Crippen LogP contribution in [-0.2, 0) is 9.59 Å². The molecule has 3 amide bonds. The highest BCUT2D eigenvalue weighted by molar-refractivity contribution is 6.07. The normalized spacial score (nSPS) is 18.3. The van der Waals surface area contributed by atoms with Gasteiger partial charge in [-0.15, -0.1) is 0 Å². The molecule has 1 aromatic carbocycles. The van der Waals surface area contributed by atoms with E-state index in [4.69, 9.17) is 0 Å². The van der Waals surface area contributed by atoms with Gasteiger partial charge in [-0.2, -0.15) is 0 Å². The molecule has 21 heavy (non-hydrogen) atoms. The van der Waals surface area contributed by atoms with Crippen LogP contribution in [-0.4, -0.2) is 40.1 Å². The Balaban J connectivity index is 2.33. The molecule has 0 aromatic heterocycles. The summed E-state index contributed by atoms with van der Waals surface area (Å²) in [6.07, 6.45) is 0.347. The second-order valence-electron chi connectivity index (χ2n) is 4.58. The number of hydrogen-bond acceptors (Lipinski definition) is 5. The van der Waals surface area contributed by atoms with E-state index in [9.17, 15) is 24.5 Å². The molecule has 110 valence electrons. The van der Waals surface area contributed by atoms with Gasteiger partial charge in [0, 0.05) is 17.7 Å². The number of nitro groups is 1. The maximum absolute atomic E-state index is 12.4. The van der Waals surface area contributed by atoms with Gasteiger partial charge in [-0.25, -0.2) is 0 Å². The number of nitro benzene ring substituents is 1. The fraction of sp³-hybridized carbons (Fsp3) is 0.308. The lowest BCUT2D eigenvalue weighted by atomic mass is 10.1. The zero-order valence-corrected chi connectivity index (χ0v) is 11.2. The summed E-state index contributed by atoms with van der Waals surface area (Å²) in [4.78, 5) is 46.8. The molecule has 1 aromatic rings. The Morgan fingerprint density at radius 2 is 2.19 bits per heavy atom. The van der Waals surface area contributed by atoms with Crippen LogP contribution in [0.4, 0.5) is 5.69 Å². The number of non-ortho nitro benzene ring substituents is 1. The van der Waals surface area contributed by atoms with E-state index in [0.717, 1.165) is 11.0 Å². The highest BCUT2D eigenvalue weighted by atomic mass is 16.6. The summed E-state index contributed by atoms with van der Waals surface area (Å²) in [7, 11) is 0. The predicted octanol–water partition coefficient (Wildman–Crippen LogP) is 0.472. The van der Waals surface area contributed by atoms with E-state index in [1.54, 1.807) is 6.92 Å². The second kappa shape index (κ2) is 5.70. The lowest BCUT2D eigenvalue weighted by Crippen LogP contribution is -2.59. The van der Waals surface area contributed by atoms with Crippen LogP contribution in [0.25, 0.3) is 0 Å². The van der Waals surface area contributed by atoms with Crippen molar-refractivity contribution in [2.75, 3.05) is 6.54 Å². The van der Waals surface area contributed by atoms with Crippen LogP contribution in [0.15, 0.2) is 24.3 Å². The zero-order valence-electron chi connectivity index (χ0n) is 11.2. The molecule has 1 saturated heterocycles. The van der Waals surface area contributed by atoms with Gasteiger partial charge in [0.2, 0.25) is 11.8 Å². The van der Waals surface area contributed by atoms with Crippen LogP contribution in [0.2, 0.25) is 0 Å². The Morgan fingerprint density at radius 3 is 2.81 bits per heavy atom. The third kappa shape index (κ3) is 2.88. The summed E-state index contributed by atoms with van der Waals surface area (Å²) in [5, 5.41) is 12.9. The lowest BCUT2D eigenvalue weighted by molar-refractivity contribution is -0.384. The van der Waals surface area contributed by atoms with Gasteiger partial charge >= 0.3 is 0 Å². The molecule has 1 heterocycles. The number of nitrogens with one attached hydrogen (secondary N) is 1. The van der Waals surface area contributed by atoms with Gasteiger partial charge in [0.05, 0.1) is 4.92 Å². The van der Waals surface area contributed by atoms with E-state index in [1.165, 1.54) is 18.2 Å². The predicted molar refractivity (Wildman–Crippen MR) is 71.4 cm³/mol. The molecular weight excluding hydrogens is 278 g/mol. The van der Waals surface area contributed by atoms with Gasteiger partial charge in [0.25, 0.3) is 11.6 Å². The summed E-state index contributed by atoms with van der Waals surface area (Å²) < 4.78 is 0. The number of imide groups is 1. The summed E-state index contributed by atoms with van der Waals surface area (Å²) in [5.74, 6) is -1.68. The van der Waals surface area contributed by atoms with E-state index >= 15 is 0 Å². The fourth-order valence-corrected chi connectivity index (χ4v) is 2.20. The number of benzene rings is 1. The Labute approximate surface area is 119 Å². The minimum absolute atomic E-state index is 0.0742. The molecule has 0 radical (unpaired) electrons. The topological polar surface area (TPSA) is 110 Å². The molecule has 1 unspecified atom stereocenters. The molecule has 1 N–H and O–H groups in total. The average Bonchev–Trinajstić information content (AvgIpc) is 2.45. The van der Waals surface area contributed by atoms with Crippen molar-refractivity contribution in [2.24, 2.45) is 0 Å². The zero-order chi connectivity index (χ0) is 15.6. The van der Waals surface area contributed by atoms with Crippen molar-refractivity contribution in [3.8, 4) is 0 Å². The number of nitrogens with zero attached hydrogens (tertiary/aromatic N) is 2. The largest absolute Gasteiger partial charge is 0.317 e. The third-order valence-corrected chi connectivity index (χ3v) is 3.21. The Morgan fingerprint density at radius 1 is 1.48 bits per heavy atom. The van der Waals surface area contributed by atoms with Crippen molar-refractivity contribution in [1.82, 2.24) is 10.2 Å². The van der Waals surface area contributed by atoms with Crippen molar-refractivity contribution in [3.05, 3.63) is 39.9 Å². The molecule has 2 rings (SSSR count). The molecule has 0 saturated carbocycles. The monoisotopic (exact) mass is 291 g/mol. The molecule has 1 fully saturated rings. The molecular formula is C13H13N3O5. The number of rotatable bonds is 3. The van der Waals surface area contributed by atoms with Gasteiger partial charge < -0.3 is 4.90 Å². The third-order valence-electron chi connectivity index (χ3n) is 3.21. The first-order chi connectivity index (χ1) is 9.93. The Kier molecular flexibility index (Phi) is 3.97. The van der Waals surface area contributed by atoms with Crippen LogP contribution in [0.5, 0.6) is 0 Å². The van der Waals surface area contributed by atoms with Crippen molar-refractivity contribution in [3.63, 3.8) is 0 Å². The first-order valence-corrected chi connectivity index (χ1v) is 6.33. The van der Waals surface area contributed by atoms with Gasteiger partial charge in [0.1, 0.15) is 12.6 Å². The number of carbonyl (C=O) groups is 3. The van der Waals surface area contributed by atoms with Crippen LogP contribution in [0.1, 0.15) is 23.7 Å². The first-order valence-electron chi connectivity index (χ1n) is 6.33. The lowest BCUT2D eigenvalue weighted by Gasteiger charge is -2.33. The van der Waals surface area contributed by atoms with E-state index < -0.39 is 28.7 Å². The van der Waals surface area contributed by atoms with Crippen LogP contribution < -0.4 is 5.32 Å². The number of hydrogen-bond donors (Lipinski definition) is 1. The van der Waals surface area contributed by atoms with Crippen molar-refractivity contribution in [1.29, 1.82) is 0 Å². The van der Waals surface area contributed by atoms with E-state index in [0.29, 0.717) is 6.42 Å². The molecule has 8 heteroatoms. The standard InChI is InChI=1S/C13H13N3O5/c1-2-10-12(18)14-11(17)7-15(10)13(19)8-4-3-5-9(6-8)16(20)21/h3-6,10H,2,7H2,1H3,(H,14,17,18). The second-order valence-corrected chi connectivity index (χ2v) is 4.58. The number of carbonyl (C=O) groups excluding carboxylic acids is 3. The summed E-state index contributed by atoms with van der Waals surface area (Å²) >= 11 is 0. The van der Waals surface area contributed by atoms with Gasteiger partial charge in [-0.05, 0) is 12.5 Å². The summed E-state index contributed by atoms with van der Waals surface area (Å²) in [6, 6.07) is 4.44. The molecule has 0 spiro atoms. The Hall–Kier alpha value is -2.77. The van der Waals surface area contributed by atoms with Gasteiger partial charge in [-0.3, -0.25) is 29.8 Å². The summed E-state index contributed by atoms with van der Waals surface area (Å²) in [6.45, 7) is 1.47. The van der Waals surface area contributed by atoms with Crippen LogP contribution in [0.3, 0.4) is 0 Å². The van der Waals surface area contributed by atoms with Gasteiger partial charge in [0.15, 0.2) is 0 Å².